The second-order valence-corrected chi connectivity index (χ2v) is 8.50. The van der Waals surface area contributed by atoms with Gasteiger partial charge in [-0.05, 0) is 55.0 Å². The van der Waals surface area contributed by atoms with Gasteiger partial charge in [-0.3, -0.25) is 14.3 Å². The number of aromatic hydroxyl groups is 1. The predicted octanol–water partition coefficient (Wildman–Crippen LogP) is 3.63. The molecule has 0 radical (unpaired) electrons. The van der Waals surface area contributed by atoms with Gasteiger partial charge in [-0.2, -0.15) is 0 Å². The largest absolute Gasteiger partial charge is 0.497 e. The van der Waals surface area contributed by atoms with Crippen LogP contribution in [0.4, 0.5) is 5.69 Å². The first kappa shape index (κ1) is 24.0. The standard InChI is InChI=1S/C25H30N4O4S/c1-32-21-10-8-19(9-11-21)26-23(30)18-22-24(31)29(20-6-3-2-4-7-20)25(34)28(22)13-5-12-27-14-16-33-17-15-27/h2-4,6-11,31H,5,12-18H2,1H3,(H,26,30). The first-order chi connectivity index (χ1) is 16.6. The molecule has 2 N–H and O–H groups in total. The number of benzene rings is 2. The van der Waals surface area contributed by atoms with E-state index >= 15 is 0 Å². The molecule has 2 aromatic carbocycles. The number of para-hydroxylation sites is 1. The Bertz CT molecular complexity index is 1150. The zero-order valence-electron chi connectivity index (χ0n) is 19.3. The van der Waals surface area contributed by atoms with E-state index in [9.17, 15) is 9.90 Å². The van der Waals surface area contributed by atoms with Crippen molar-refractivity contribution < 1.29 is 19.4 Å². The van der Waals surface area contributed by atoms with E-state index < -0.39 is 0 Å². The van der Waals surface area contributed by atoms with Crippen LogP contribution in [0.25, 0.3) is 5.69 Å². The van der Waals surface area contributed by atoms with Crippen molar-refractivity contribution >= 4 is 23.8 Å². The number of carbonyl (C=O) groups is 1. The van der Waals surface area contributed by atoms with Crippen molar-refractivity contribution in [2.24, 2.45) is 0 Å². The van der Waals surface area contributed by atoms with E-state index in [0.29, 0.717) is 28.4 Å². The molecule has 1 fully saturated rings. The highest BCUT2D eigenvalue weighted by atomic mass is 32.1. The van der Waals surface area contributed by atoms with Gasteiger partial charge >= 0.3 is 0 Å². The first-order valence-electron chi connectivity index (χ1n) is 11.4. The van der Waals surface area contributed by atoms with Gasteiger partial charge < -0.3 is 24.5 Å². The fourth-order valence-corrected chi connectivity index (χ4v) is 4.49. The van der Waals surface area contributed by atoms with Crippen molar-refractivity contribution in [3.05, 3.63) is 65.1 Å². The lowest BCUT2D eigenvalue weighted by Gasteiger charge is -2.26. The summed E-state index contributed by atoms with van der Waals surface area (Å²) in [5.74, 6) is 0.472. The molecule has 0 unspecified atom stereocenters. The molecule has 1 amide bonds. The Hall–Kier alpha value is -3.14. The fraction of sp³-hybridized carbons (Fsp3) is 0.360. The minimum atomic E-state index is -0.234. The number of amides is 1. The second-order valence-electron chi connectivity index (χ2n) is 8.14. The summed E-state index contributed by atoms with van der Waals surface area (Å²) in [6.45, 7) is 4.84. The minimum Gasteiger partial charge on any atom is -0.497 e. The highest BCUT2D eigenvalue weighted by molar-refractivity contribution is 7.71. The van der Waals surface area contributed by atoms with Crippen LogP contribution in [0, 0.1) is 4.77 Å². The number of imidazole rings is 1. The number of anilines is 1. The zero-order chi connectivity index (χ0) is 23.9. The third kappa shape index (κ3) is 5.67. The molecule has 1 aliphatic rings. The van der Waals surface area contributed by atoms with Crippen LogP contribution in [0.5, 0.6) is 11.6 Å². The lowest BCUT2D eigenvalue weighted by molar-refractivity contribution is -0.115. The van der Waals surface area contributed by atoms with Crippen LogP contribution >= 0.6 is 12.2 Å². The maximum Gasteiger partial charge on any atom is 0.230 e. The van der Waals surface area contributed by atoms with Crippen LogP contribution in [-0.2, 0) is 22.5 Å². The molecule has 3 aromatic rings. The lowest BCUT2D eigenvalue weighted by atomic mass is 10.2. The number of nitrogens with one attached hydrogen (secondary N) is 1. The number of methoxy groups -OCH3 is 1. The van der Waals surface area contributed by atoms with E-state index in [2.05, 4.69) is 10.2 Å². The quantitative estimate of drug-likeness (QED) is 0.454. The Morgan fingerprint density at radius 3 is 2.47 bits per heavy atom. The van der Waals surface area contributed by atoms with E-state index in [1.165, 1.54) is 0 Å². The molecule has 0 atom stereocenters. The Balaban J connectivity index is 1.55. The number of hydrogen-bond acceptors (Lipinski definition) is 6. The molecular formula is C25H30N4O4S. The number of nitrogens with zero attached hydrogens (tertiary/aromatic N) is 3. The van der Waals surface area contributed by atoms with Crippen LogP contribution in [-0.4, -0.2) is 65.0 Å². The van der Waals surface area contributed by atoms with Gasteiger partial charge in [0.15, 0.2) is 4.77 Å². The molecule has 0 bridgehead atoms. The van der Waals surface area contributed by atoms with Crippen LogP contribution in [0.1, 0.15) is 12.1 Å². The van der Waals surface area contributed by atoms with Gasteiger partial charge in [0, 0.05) is 31.9 Å². The molecule has 180 valence electrons. The lowest BCUT2D eigenvalue weighted by Crippen LogP contribution is -2.37. The van der Waals surface area contributed by atoms with Crippen molar-refractivity contribution in [2.45, 2.75) is 19.4 Å². The van der Waals surface area contributed by atoms with Crippen molar-refractivity contribution in [1.82, 2.24) is 14.0 Å². The highest BCUT2D eigenvalue weighted by Gasteiger charge is 2.21. The van der Waals surface area contributed by atoms with Crippen LogP contribution in [0.15, 0.2) is 54.6 Å². The number of rotatable bonds is 9. The summed E-state index contributed by atoms with van der Waals surface area (Å²) in [6, 6.07) is 16.6. The van der Waals surface area contributed by atoms with E-state index in [-0.39, 0.29) is 18.2 Å². The summed E-state index contributed by atoms with van der Waals surface area (Å²) in [7, 11) is 1.60. The van der Waals surface area contributed by atoms with E-state index in [4.69, 9.17) is 21.7 Å². The zero-order valence-corrected chi connectivity index (χ0v) is 20.1. The summed E-state index contributed by atoms with van der Waals surface area (Å²) >= 11 is 5.75. The van der Waals surface area contributed by atoms with Gasteiger partial charge in [-0.25, -0.2) is 0 Å². The second kappa shape index (κ2) is 11.3. The smallest absolute Gasteiger partial charge is 0.230 e. The Morgan fingerprint density at radius 2 is 1.79 bits per heavy atom. The molecule has 1 saturated heterocycles. The Morgan fingerprint density at radius 1 is 1.09 bits per heavy atom. The third-order valence-corrected chi connectivity index (χ3v) is 6.30. The number of ether oxygens (including phenoxy) is 2. The van der Waals surface area contributed by atoms with Crippen LogP contribution < -0.4 is 10.1 Å². The van der Waals surface area contributed by atoms with Gasteiger partial charge in [0.05, 0.1) is 38.1 Å². The molecular weight excluding hydrogens is 452 g/mol. The normalized spacial score (nSPS) is 14.1. The number of morpholine rings is 1. The average molecular weight is 483 g/mol. The van der Waals surface area contributed by atoms with Gasteiger partial charge in [0.1, 0.15) is 5.75 Å². The topological polar surface area (TPSA) is 80.9 Å². The van der Waals surface area contributed by atoms with Crippen LogP contribution in [0.3, 0.4) is 0 Å². The maximum atomic E-state index is 12.9. The predicted molar refractivity (Wildman–Crippen MR) is 133 cm³/mol. The van der Waals surface area contributed by atoms with Crippen molar-refractivity contribution in [3.63, 3.8) is 0 Å². The molecule has 4 rings (SSSR count). The first-order valence-corrected chi connectivity index (χ1v) is 11.8. The molecule has 0 aliphatic carbocycles. The molecule has 0 spiro atoms. The number of aromatic nitrogens is 2. The summed E-state index contributed by atoms with van der Waals surface area (Å²) in [5.41, 5.74) is 1.92. The number of carbonyl (C=O) groups excluding carboxylic acids is 1. The maximum absolute atomic E-state index is 12.9. The average Bonchev–Trinajstić information content (AvgIpc) is 3.09. The number of hydrogen-bond donors (Lipinski definition) is 2. The third-order valence-electron chi connectivity index (χ3n) is 5.89. The summed E-state index contributed by atoms with van der Waals surface area (Å²) in [4.78, 5) is 15.2. The molecule has 0 saturated carbocycles. The van der Waals surface area contributed by atoms with Crippen molar-refractivity contribution in [2.75, 3.05) is 45.3 Å². The van der Waals surface area contributed by atoms with Crippen LogP contribution in [0.2, 0.25) is 0 Å². The monoisotopic (exact) mass is 482 g/mol. The highest BCUT2D eigenvalue weighted by Crippen LogP contribution is 2.27. The molecule has 1 aromatic heterocycles. The summed E-state index contributed by atoms with van der Waals surface area (Å²) in [6.07, 6.45) is 0.846. The van der Waals surface area contributed by atoms with Crippen molar-refractivity contribution in [1.29, 1.82) is 0 Å². The summed E-state index contributed by atoms with van der Waals surface area (Å²) in [5, 5.41) is 14.0. The fourth-order valence-electron chi connectivity index (χ4n) is 4.10. The van der Waals surface area contributed by atoms with Gasteiger partial charge in [-0.15, -0.1) is 0 Å². The molecule has 2 heterocycles. The van der Waals surface area contributed by atoms with E-state index in [1.54, 1.807) is 35.9 Å². The Labute approximate surface area is 204 Å². The van der Waals surface area contributed by atoms with E-state index in [0.717, 1.165) is 45.0 Å². The SMILES string of the molecule is COc1ccc(NC(=O)Cc2c(O)n(-c3ccccc3)c(=S)n2CCCN2CCOCC2)cc1. The summed E-state index contributed by atoms with van der Waals surface area (Å²) < 4.78 is 14.6. The molecule has 9 heteroatoms. The Kier molecular flexibility index (Phi) is 7.99. The van der Waals surface area contributed by atoms with Gasteiger partial charge in [-0.1, -0.05) is 18.2 Å². The van der Waals surface area contributed by atoms with Gasteiger partial charge in [0.25, 0.3) is 0 Å². The van der Waals surface area contributed by atoms with Crippen molar-refractivity contribution in [3.8, 4) is 17.3 Å². The van der Waals surface area contributed by atoms with E-state index in [1.807, 2.05) is 34.9 Å². The molecule has 34 heavy (non-hydrogen) atoms. The molecule has 8 nitrogen and oxygen atoms in total. The minimum absolute atomic E-state index is 0.00110. The molecule has 1 aliphatic heterocycles. The van der Waals surface area contributed by atoms with Gasteiger partial charge in [0.2, 0.25) is 11.8 Å².